The van der Waals surface area contributed by atoms with Crippen molar-refractivity contribution in [3.05, 3.63) is 70.5 Å². The number of hydrogen-bond donors (Lipinski definition) is 1. The molecule has 2 nitrogen and oxygen atoms in total. The zero-order valence-electron chi connectivity index (χ0n) is 13.0. The summed E-state index contributed by atoms with van der Waals surface area (Å²) in [4.78, 5) is 2.38. The van der Waals surface area contributed by atoms with Crippen molar-refractivity contribution >= 4 is 11.6 Å². The summed E-state index contributed by atoms with van der Waals surface area (Å²) in [6.07, 6.45) is 0.736. The second-order valence-electron chi connectivity index (χ2n) is 6.23. The normalized spacial score (nSPS) is 21.7. The molecule has 0 bridgehead atoms. The van der Waals surface area contributed by atoms with Crippen molar-refractivity contribution in [2.75, 3.05) is 19.7 Å². The molecule has 1 saturated heterocycles. The SMILES string of the molecule is OCCC1CN(Cc2ccccc2)C[C@@H]1c1ccc(Cl)c(F)c1. The smallest absolute Gasteiger partial charge is 0.142 e. The summed E-state index contributed by atoms with van der Waals surface area (Å²) >= 11 is 5.80. The second-order valence-corrected chi connectivity index (χ2v) is 6.64. The van der Waals surface area contributed by atoms with Crippen molar-refractivity contribution in [3.8, 4) is 0 Å². The molecule has 0 spiro atoms. The quantitative estimate of drug-likeness (QED) is 0.891. The number of aliphatic hydroxyl groups excluding tert-OH is 1. The third-order valence-electron chi connectivity index (χ3n) is 4.64. The number of aliphatic hydroxyl groups is 1. The number of likely N-dealkylation sites (tertiary alicyclic amines) is 1. The van der Waals surface area contributed by atoms with Gasteiger partial charge in [-0.3, -0.25) is 4.90 Å². The highest BCUT2D eigenvalue weighted by molar-refractivity contribution is 6.30. The predicted octanol–water partition coefficient (Wildman–Crippen LogP) is 4.08. The maximum absolute atomic E-state index is 13.8. The van der Waals surface area contributed by atoms with E-state index < -0.39 is 0 Å². The zero-order valence-corrected chi connectivity index (χ0v) is 13.7. The van der Waals surface area contributed by atoms with E-state index in [2.05, 4.69) is 17.0 Å². The van der Waals surface area contributed by atoms with Crippen LogP contribution in [0.1, 0.15) is 23.5 Å². The van der Waals surface area contributed by atoms with Crippen LogP contribution in [0.2, 0.25) is 5.02 Å². The van der Waals surface area contributed by atoms with Gasteiger partial charge >= 0.3 is 0 Å². The topological polar surface area (TPSA) is 23.5 Å². The Labute approximate surface area is 141 Å². The molecular weight excluding hydrogens is 313 g/mol. The van der Waals surface area contributed by atoms with Crippen molar-refractivity contribution in [1.82, 2.24) is 4.90 Å². The largest absolute Gasteiger partial charge is 0.396 e. The van der Waals surface area contributed by atoms with E-state index in [1.165, 1.54) is 5.56 Å². The van der Waals surface area contributed by atoms with Gasteiger partial charge in [0.2, 0.25) is 0 Å². The molecule has 0 amide bonds. The van der Waals surface area contributed by atoms with Crippen LogP contribution in [0.3, 0.4) is 0 Å². The summed E-state index contributed by atoms with van der Waals surface area (Å²) in [6.45, 7) is 2.84. The van der Waals surface area contributed by atoms with E-state index in [1.807, 2.05) is 24.3 Å². The van der Waals surface area contributed by atoms with E-state index in [-0.39, 0.29) is 23.4 Å². The lowest BCUT2D eigenvalue weighted by Gasteiger charge is -2.18. The third kappa shape index (κ3) is 3.92. The molecule has 4 heteroatoms. The molecule has 1 unspecified atom stereocenters. The van der Waals surface area contributed by atoms with Gasteiger partial charge < -0.3 is 5.11 Å². The monoisotopic (exact) mass is 333 g/mol. The first-order valence-electron chi connectivity index (χ1n) is 7.99. The lowest BCUT2D eigenvalue weighted by Crippen LogP contribution is -2.20. The van der Waals surface area contributed by atoms with Crippen LogP contribution in [0.4, 0.5) is 4.39 Å². The van der Waals surface area contributed by atoms with Crippen LogP contribution in [0.25, 0.3) is 0 Å². The molecule has 1 heterocycles. The van der Waals surface area contributed by atoms with Crippen LogP contribution in [0.5, 0.6) is 0 Å². The van der Waals surface area contributed by atoms with Crippen LogP contribution < -0.4 is 0 Å². The van der Waals surface area contributed by atoms with Crippen LogP contribution in [0.15, 0.2) is 48.5 Å². The van der Waals surface area contributed by atoms with Gasteiger partial charge in [-0.15, -0.1) is 0 Å². The third-order valence-corrected chi connectivity index (χ3v) is 4.94. The fourth-order valence-electron chi connectivity index (χ4n) is 3.51. The standard InChI is InChI=1S/C19H21ClFNO/c20-18-7-6-15(10-19(18)21)17-13-22(12-16(17)8-9-23)11-14-4-2-1-3-5-14/h1-7,10,16-17,23H,8-9,11-13H2/t16?,17-/m1/s1. The van der Waals surface area contributed by atoms with Crippen LogP contribution in [-0.2, 0) is 6.54 Å². The van der Waals surface area contributed by atoms with E-state index >= 15 is 0 Å². The minimum absolute atomic E-state index is 0.159. The molecule has 0 radical (unpaired) electrons. The second kappa shape index (κ2) is 7.43. The van der Waals surface area contributed by atoms with Gasteiger partial charge in [-0.05, 0) is 35.6 Å². The fourth-order valence-corrected chi connectivity index (χ4v) is 3.63. The highest BCUT2D eigenvalue weighted by Crippen LogP contribution is 2.36. The Morgan fingerprint density at radius 1 is 1.13 bits per heavy atom. The minimum Gasteiger partial charge on any atom is -0.396 e. The molecule has 2 atom stereocenters. The van der Waals surface area contributed by atoms with E-state index in [0.717, 1.165) is 31.6 Å². The zero-order chi connectivity index (χ0) is 16.2. The fraction of sp³-hybridized carbons (Fsp3) is 0.368. The molecule has 23 heavy (non-hydrogen) atoms. The molecule has 1 aliphatic heterocycles. The number of benzene rings is 2. The molecule has 0 aromatic heterocycles. The molecule has 2 aromatic rings. The minimum atomic E-state index is -0.367. The first-order chi connectivity index (χ1) is 11.2. The first kappa shape index (κ1) is 16.4. The summed E-state index contributed by atoms with van der Waals surface area (Å²) in [7, 11) is 0. The molecular formula is C19H21ClFNO. The van der Waals surface area contributed by atoms with E-state index in [0.29, 0.717) is 5.92 Å². The van der Waals surface area contributed by atoms with E-state index in [9.17, 15) is 9.50 Å². The first-order valence-corrected chi connectivity index (χ1v) is 8.37. The summed E-state index contributed by atoms with van der Waals surface area (Å²) < 4.78 is 13.8. The highest BCUT2D eigenvalue weighted by atomic mass is 35.5. The van der Waals surface area contributed by atoms with Crippen molar-refractivity contribution in [3.63, 3.8) is 0 Å². The lowest BCUT2D eigenvalue weighted by atomic mass is 9.87. The molecule has 122 valence electrons. The number of hydrogen-bond acceptors (Lipinski definition) is 2. The molecule has 3 rings (SSSR count). The van der Waals surface area contributed by atoms with Gasteiger partial charge in [-0.25, -0.2) is 4.39 Å². The Kier molecular flexibility index (Phi) is 5.31. The average molecular weight is 334 g/mol. The molecule has 0 aliphatic carbocycles. The van der Waals surface area contributed by atoms with Gasteiger partial charge in [-0.2, -0.15) is 0 Å². The Morgan fingerprint density at radius 2 is 1.91 bits per heavy atom. The van der Waals surface area contributed by atoms with E-state index in [1.54, 1.807) is 12.1 Å². The molecule has 1 N–H and O–H groups in total. The number of halogens is 2. The number of rotatable bonds is 5. The van der Waals surface area contributed by atoms with Gasteiger partial charge in [0.25, 0.3) is 0 Å². The van der Waals surface area contributed by atoms with Gasteiger partial charge in [0.1, 0.15) is 5.82 Å². The lowest BCUT2D eigenvalue weighted by molar-refractivity contribution is 0.246. The van der Waals surface area contributed by atoms with Crippen LogP contribution >= 0.6 is 11.6 Å². The molecule has 2 aromatic carbocycles. The van der Waals surface area contributed by atoms with Crippen molar-refractivity contribution in [2.45, 2.75) is 18.9 Å². The van der Waals surface area contributed by atoms with Crippen LogP contribution in [-0.4, -0.2) is 29.7 Å². The molecule has 1 fully saturated rings. The van der Waals surface area contributed by atoms with E-state index in [4.69, 9.17) is 11.6 Å². The van der Waals surface area contributed by atoms with Crippen molar-refractivity contribution in [1.29, 1.82) is 0 Å². The summed E-state index contributed by atoms with van der Waals surface area (Å²) in [5.41, 5.74) is 2.25. The summed E-state index contributed by atoms with van der Waals surface area (Å²) in [5.74, 6) is 0.204. The predicted molar refractivity (Wildman–Crippen MR) is 91.1 cm³/mol. The van der Waals surface area contributed by atoms with Gasteiger partial charge in [0.05, 0.1) is 5.02 Å². The van der Waals surface area contributed by atoms with Crippen molar-refractivity contribution < 1.29 is 9.50 Å². The Morgan fingerprint density at radius 3 is 2.61 bits per heavy atom. The van der Waals surface area contributed by atoms with Gasteiger partial charge in [0.15, 0.2) is 0 Å². The Bertz CT molecular complexity index is 649. The number of nitrogens with zero attached hydrogens (tertiary/aromatic N) is 1. The maximum atomic E-state index is 13.8. The summed E-state index contributed by atoms with van der Waals surface area (Å²) in [6, 6.07) is 15.4. The van der Waals surface area contributed by atoms with Crippen LogP contribution in [0, 0.1) is 11.7 Å². The summed E-state index contributed by atoms with van der Waals surface area (Å²) in [5, 5.41) is 9.51. The maximum Gasteiger partial charge on any atom is 0.142 e. The average Bonchev–Trinajstić information content (AvgIpc) is 2.94. The molecule has 0 saturated carbocycles. The Hall–Kier alpha value is -1.42. The van der Waals surface area contributed by atoms with Gasteiger partial charge in [0, 0.05) is 32.2 Å². The molecule has 1 aliphatic rings. The van der Waals surface area contributed by atoms with Crippen molar-refractivity contribution in [2.24, 2.45) is 5.92 Å². The van der Waals surface area contributed by atoms with Gasteiger partial charge in [-0.1, -0.05) is 48.0 Å². The Balaban J connectivity index is 1.76. The highest BCUT2D eigenvalue weighted by Gasteiger charge is 2.33.